The van der Waals surface area contributed by atoms with E-state index in [1.165, 1.54) is 6.42 Å². The molecule has 2 saturated heterocycles. The first-order valence-corrected chi connectivity index (χ1v) is 6.65. The van der Waals surface area contributed by atoms with Crippen LogP contribution in [-0.2, 0) is 4.79 Å². The molecule has 0 aliphatic carbocycles. The lowest BCUT2D eigenvalue weighted by molar-refractivity contribution is -0.131. The zero-order valence-electron chi connectivity index (χ0n) is 8.66. The van der Waals surface area contributed by atoms with Crippen LogP contribution in [-0.4, -0.2) is 48.0 Å². The van der Waals surface area contributed by atoms with Gasteiger partial charge in [-0.3, -0.25) is 4.79 Å². The standard InChI is InChI=1S/C10H18N2OS/c1-14-8-4-6-12(7-8)10(13)9-3-2-5-11-9/h8-9,11H,2-7H2,1H3. The highest BCUT2D eigenvalue weighted by Crippen LogP contribution is 2.21. The molecule has 1 amide bonds. The lowest BCUT2D eigenvalue weighted by Gasteiger charge is -2.20. The molecular formula is C10H18N2OS. The third-order valence-corrected chi connectivity index (χ3v) is 4.20. The van der Waals surface area contributed by atoms with Gasteiger partial charge in [-0.2, -0.15) is 11.8 Å². The molecule has 2 unspecified atom stereocenters. The minimum atomic E-state index is 0.121. The lowest BCUT2D eigenvalue weighted by atomic mass is 10.2. The van der Waals surface area contributed by atoms with Crippen molar-refractivity contribution in [3.63, 3.8) is 0 Å². The van der Waals surface area contributed by atoms with Gasteiger partial charge in [0.1, 0.15) is 0 Å². The van der Waals surface area contributed by atoms with Crippen LogP contribution in [0.5, 0.6) is 0 Å². The molecule has 2 rings (SSSR count). The van der Waals surface area contributed by atoms with Crippen molar-refractivity contribution in [3.8, 4) is 0 Å². The molecular weight excluding hydrogens is 196 g/mol. The highest BCUT2D eigenvalue weighted by molar-refractivity contribution is 7.99. The summed E-state index contributed by atoms with van der Waals surface area (Å²) in [4.78, 5) is 14.0. The monoisotopic (exact) mass is 214 g/mol. The molecule has 0 aromatic rings. The first kappa shape index (κ1) is 10.3. The Bertz CT molecular complexity index is 216. The van der Waals surface area contributed by atoms with Crippen LogP contribution in [0.2, 0.25) is 0 Å². The van der Waals surface area contributed by atoms with Gasteiger partial charge in [0.2, 0.25) is 5.91 Å². The van der Waals surface area contributed by atoms with Gasteiger partial charge >= 0.3 is 0 Å². The van der Waals surface area contributed by atoms with E-state index in [1.54, 1.807) is 0 Å². The smallest absolute Gasteiger partial charge is 0.239 e. The van der Waals surface area contributed by atoms with Gasteiger partial charge in [-0.1, -0.05) is 0 Å². The van der Waals surface area contributed by atoms with E-state index in [0.717, 1.165) is 32.5 Å². The summed E-state index contributed by atoms with van der Waals surface area (Å²) in [5.74, 6) is 0.332. The number of hydrogen-bond donors (Lipinski definition) is 1. The molecule has 3 nitrogen and oxygen atoms in total. The molecule has 0 radical (unpaired) electrons. The molecule has 2 fully saturated rings. The minimum Gasteiger partial charge on any atom is -0.340 e. The fourth-order valence-electron chi connectivity index (χ4n) is 2.24. The SMILES string of the molecule is CSC1CCN(C(=O)C2CCCN2)C1. The highest BCUT2D eigenvalue weighted by atomic mass is 32.2. The fourth-order valence-corrected chi connectivity index (χ4v) is 2.91. The zero-order valence-corrected chi connectivity index (χ0v) is 9.48. The van der Waals surface area contributed by atoms with Crippen LogP contribution in [0.15, 0.2) is 0 Å². The Kier molecular flexibility index (Phi) is 3.34. The van der Waals surface area contributed by atoms with Crippen molar-refractivity contribution >= 4 is 17.7 Å². The Morgan fingerprint density at radius 3 is 2.93 bits per heavy atom. The normalized spacial score (nSPS) is 32.5. The van der Waals surface area contributed by atoms with Crippen LogP contribution in [0, 0.1) is 0 Å². The maximum Gasteiger partial charge on any atom is 0.239 e. The highest BCUT2D eigenvalue weighted by Gasteiger charge is 2.31. The number of amides is 1. The van der Waals surface area contributed by atoms with Gasteiger partial charge in [0.25, 0.3) is 0 Å². The quantitative estimate of drug-likeness (QED) is 0.734. The van der Waals surface area contributed by atoms with Crippen LogP contribution in [0.1, 0.15) is 19.3 Å². The van der Waals surface area contributed by atoms with Gasteiger partial charge in [0.15, 0.2) is 0 Å². The molecule has 0 aromatic heterocycles. The van der Waals surface area contributed by atoms with Crippen LogP contribution < -0.4 is 5.32 Å². The average molecular weight is 214 g/mol. The van der Waals surface area contributed by atoms with Gasteiger partial charge in [-0.15, -0.1) is 0 Å². The number of nitrogens with zero attached hydrogens (tertiary/aromatic N) is 1. The summed E-state index contributed by atoms with van der Waals surface area (Å²) in [6.45, 7) is 2.93. The molecule has 0 spiro atoms. The maximum absolute atomic E-state index is 12.0. The van der Waals surface area contributed by atoms with Crippen molar-refractivity contribution in [2.45, 2.75) is 30.6 Å². The number of thioether (sulfide) groups is 1. The number of carbonyl (C=O) groups is 1. The van der Waals surface area contributed by atoms with Crippen molar-refractivity contribution < 1.29 is 4.79 Å². The maximum atomic E-state index is 12.0. The number of rotatable bonds is 2. The van der Waals surface area contributed by atoms with Crippen molar-refractivity contribution in [2.24, 2.45) is 0 Å². The van der Waals surface area contributed by atoms with Crippen molar-refractivity contribution in [1.82, 2.24) is 10.2 Å². The first-order chi connectivity index (χ1) is 6.81. The molecule has 0 aromatic carbocycles. The molecule has 2 aliphatic rings. The molecule has 4 heteroatoms. The Balaban J connectivity index is 1.86. The van der Waals surface area contributed by atoms with Crippen molar-refractivity contribution in [3.05, 3.63) is 0 Å². The van der Waals surface area contributed by atoms with Gasteiger partial charge < -0.3 is 10.2 Å². The summed E-state index contributed by atoms with van der Waals surface area (Å²) >= 11 is 1.88. The van der Waals surface area contributed by atoms with Crippen molar-refractivity contribution in [2.75, 3.05) is 25.9 Å². The summed E-state index contributed by atoms with van der Waals surface area (Å²) in [6, 6.07) is 0.121. The third kappa shape index (κ3) is 2.06. The van der Waals surface area contributed by atoms with E-state index in [4.69, 9.17) is 0 Å². The molecule has 14 heavy (non-hydrogen) atoms. The summed E-state index contributed by atoms with van der Waals surface area (Å²) in [5.41, 5.74) is 0. The second kappa shape index (κ2) is 4.53. The number of carbonyl (C=O) groups excluding carboxylic acids is 1. The fraction of sp³-hybridized carbons (Fsp3) is 0.900. The van der Waals surface area contributed by atoms with Gasteiger partial charge in [-0.05, 0) is 32.1 Å². The van der Waals surface area contributed by atoms with E-state index in [9.17, 15) is 4.79 Å². The second-order valence-corrected chi connectivity index (χ2v) is 5.22. The average Bonchev–Trinajstić information content (AvgIpc) is 2.88. The zero-order chi connectivity index (χ0) is 9.97. The van der Waals surface area contributed by atoms with Crippen LogP contribution in [0.4, 0.5) is 0 Å². The first-order valence-electron chi connectivity index (χ1n) is 5.36. The van der Waals surface area contributed by atoms with E-state index in [1.807, 2.05) is 16.7 Å². The third-order valence-electron chi connectivity index (χ3n) is 3.15. The Hall–Kier alpha value is -0.220. The molecule has 2 atom stereocenters. The van der Waals surface area contributed by atoms with E-state index >= 15 is 0 Å². The molecule has 2 aliphatic heterocycles. The van der Waals surface area contributed by atoms with Crippen molar-refractivity contribution in [1.29, 1.82) is 0 Å². The predicted octanol–water partition coefficient (Wildman–Crippen LogP) is 0.702. The summed E-state index contributed by atoms with van der Waals surface area (Å²) in [7, 11) is 0. The lowest BCUT2D eigenvalue weighted by Crippen LogP contribution is -2.42. The van der Waals surface area contributed by atoms with Gasteiger partial charge in [0, 0.05) is 18.3 Å². The van der Waals surface area contributed by atoms with Gasteiger partial charge in [0.05, 0.1) is 6.04 Å². The Morgan fingerprint density at radius 1 is 1.50 bits per heavy atom. The Labute approximate surface area is 89.6 Å². The molecule has 80 valence electrons. The molecule has 0 saturated carbocycles. The number of likely N-dealkylation sites (tertiary alicyclic amines) is 1. The second-order valence-electron chi connectivity index (χ2n) is 4.08. The van der Waals surface area contributed by atoms with Crippen LogP contribution in [0.25, 0.3) is 0 Å². The Morgan fingerprint density at radius 2 is 2.36 bits per heavy atom. The summed E-state index contributed by atoms with van der Waals surface area (Å²) in [6.07, 6.45) is 5.47. The van der Waals surface area contributed by atoms with Gasteiger partial charge in [-0.25, -0.2) is 0 Å². The van der Waals surface area contributed by atoms with E-state index in [0.29, 0.717) is 11.2 Å². The minimum absolute atomic E-state index is 0.121. The number of nitrogens with one attached hydrogen (secondary N) is 1. The molecule has 1 N–H and O–H groups in total. The number of hydrogen-bond acceptors (Lipinski definition) is 3. The molecule has 0 bridgehead atoms. The van der Waals surface area contributed by atoms with Crippen LogP contribution in [0.3, 0.4) is 0 Å². The predicted molar refractivity (Wildman–Crippen MR) is 59.5 cm³/mol. The van der Waals surface area contributed by atoms with E-state index in [2.05, 4.69) is 11.6 Å². The largest absolute Gasteiger partial charge is 0.340 e. The van der Waals surface area contributed by atoms with E-state index in [-0.39, 0.29) is 6.04 Å². The molecule has 2 heterocycles. The summed E-state index contributed by atoms with van der Waals surface area (Å²) in [5, 5.41) is 3.94. The van der Waals surface area contributed by atoms with E-state index < -0.39 is 0 Å². The topological polar surface area (TPSA) is 32.3 Å². The van der Waals surface area contributed by atoms with Crippen LogP contribution >= 0.6 is 11.8 Å². The summed E-state index contributed by atoms with van der Waals surface area (Å²) < 4.78 is 0.